The average Bonchev–Trinajstić information content (AvgIpc) is 2.52. The molecule has 25 heavy (non-hydrogen) atoms. The number of carbonyl (C=O) groups is 3. The van der Waals surface area contributed by atoms with Crippen molar-refractivity contribution in [1.82, 2.24) is 5.32 Å². The Hall–Kier alpha value is -1.79. The second-order valence-electron chi connectivity index (χ2n) is 6.50. The van der Waals surface area contributed by atoms with Crippen LogP contribution in [0.2, 0.25) is 0 Å². The van der Waals surface area contributed by atoms with Crippen LogP contribution >= 0.6 is 0 Å². The number of carbonyl (C=O) groups excluding carboxylic acids is 2. The van der Waals surface area contributed by atoms with Crippen molar-refractivity contribution in [2.24, 2.45) is 11.8 Å². The summed E-state index contributed by atoms with van der Waals surface area (Å²) in [7, 11) is 0. The van der Waals surface area contributed by atoms with Crippen molar-refractivity contribution in [3.63, 3.8) is 0 Å². The third-order valence-electron chi connectivity index (χ3n) is 3.89. The lowest BCUT2D eigenvalue weighted by Crippen LogP contribution is -2.34. The molecule has 1 amide bonds. The molecule has 0 rings (SSSR count). The zero-order chi connectivity index (χ0) is 19.2. The van der Waals surface area contributed by atoms with Gasteiger partial charge in [-0.05, 0) is 18.3 Å². The molecule has 3 atom stereocenters. The van der Waals surface area contributed by atoms with Crippen molar-refractivity contribution < 1.29 is 29.0 Å². The number of aliphatic carboxylic acids is 1. The summed E-state index contributed by atoms with van der Waals surface area (Å²) in [5.41, 5.74) is 0. The lowest BCUT2D eigenvalue weighted by atomic mass is 9.89. The summed E-state index contributed by atoms with van der Waals surface area (Å²) in [6.45, 7) is 7.57. The minimum absolute atomic E-state index is 0.00122. The van der Waals surface area contributed by atoms with Gasteiger partial charge >= 0.3 is 18.0 Å². The summed E-state index contributed by atoms with van der Waals surface area (Å²) in [6, 6.07) is 0. The highest BCUT2D eigenvalue weighted by Gasteiger charge is 2.19. The van der Waals surface area contributed by atoms with Gasteiger partial charge in [0.1, 0.15) is 0 Å². The molecule has 7 nitrogen and oxygen atoms in total. The molecule has 0 spiro atoms. The lowest BCUT2D eigenvalue weighted by molar-refractivity contribution is -0.164. The zero-order valence-corrected chi connectivity index (χ0v) is 15.9. The van der Waals surface area contributed by atoms with E-state index >= 15 is 0 Å². The molecule has 0 aromatic heterocycles. The van der Waals surface area contributed by atoms with Crippen LogP contribution in [0.5, 0.6) is 0 Å². The number of hydrogen-bond donors (Lipinski definition) is 2. The molecule has 0 heterocycles. The van der Waals surface area contributed by atoms with Crippen molar-refractivity contribution in [1.29, 1.82) is 0 Å². The van der Waals surface area contributed by atoms with Gasteiger partial charge in [-0.2, -0.15) is 0 Å². The van der Waals surface area contributed by atoms with E-state index < -0.39 is 24.3 Å². The Labute approximate surface area is 150 Å². The van der Waals surface area contributed by atoms with Crippen LogP contribution in [0.1, 0.15) is 72.6 Å². The first kappa shape index (κ1) is 23.2. The smallest absolute Gasteiger partial charge is 0.410 e. The Balaban J connectivity index is 4.30. The van der Waals surface area contributed by atoms with E-state index in [9.17, 15) is 14.4 Å². The van der Waals surface area contributed by atoms with E-state index in [1.54, 1.807) is 6.92 Å². The van der Waals surface area contributed by atoms with Crippen LogP contribution in [0.25, 0.3) is 0 Å². The van der Waals surface area contributed by atoms with E-state index in [1.165, 1.54) is 13.3 Å². The van der Waals surface area contributed by atoms with Crippen molar-refractivity contribution in [2.75, 3.05) is 6.54 Å². The summed E-state index contributed by atoms with van der Waals surface area (Å²) in [5, 5.41) is 11.6. The van der Waals surface area contributed by atoms with Crippen LogP contribution in [0, 0.1) is 11.8 Å². The van der Waals surface area contributed by atoms with Gasteiger partial charge < -0.3 is 19.9 Å². The fourth-order valence-electron chi connectivity index (χ4n) is 2.63. The number of nitrogens with one attached hydrogen (secondary N) is 1. The first-order valence-corrected chi connectivity index (χ1v) is 9.14. The van der Waals surface area contributed by atoms with Crippen LogP contribution in [-0.2, 0) is 19.1 Å². The highest BCUT2D eigenvalue weighted by atomic mass is 16.7. The number of carboxylic acids is 1. The van der Waals surface area contributed by atoms with Crippen LogP contribution in [0.3, 0.4) is 0 Å². The van der Waals surface area contributed by atoms with Gasteiger partial charge in [-0.25, -0.2) is 4.79 Å². The Morgan fingerprint density at radius 3 is 2.32 bits per heavy atom. The molecule has 0 radical (unpaired) electrons. The average molecular weight is 359 g/mol. The molecule has 0 aromatic rings. The van der Waals surface area contributed by atoms with Gasteiger partial charge in [-0.1, -0.05) is 46.5 Å². The number of rotatable bonds is 13. The molecule has 146 valence electrons. The number of ether oxygens (including phenoxy) is 2. The molecule has 0 saturated heterocycles. The van der Waals surface area contributed by atoms with E-state index in [0.717, 1.165) is 25.7 Å². The second kappa shape index (κ2) is 13.5. The maximum absolute atomic E-state index is 11.7. The zero-order valence-electron chi connectivity index (χ0n) is 15.9. The Kier molecular flexibility index (Phi) is 12.5. The molecule has 0 fully saturated rings. The number of esters is 1. The van der Waals surface area contributed by atoms with Crippen LogP contribution in [0.15, 0.2) is 0 Å². The van der Waals surface area contributed by atoms with Gasteiger partial charge in [0.05, 0.1) is 0 Å². The molecule has 0 bridgehead atoms. The van der Waals surface area contributed by atoms with Gasteiger partial charge in [-0.3, -0.25) is 9.59 Å². The Morgan fingerprint density at radius 1 is 1.08 bits per heavy atom. The standard InChI is InChI=1S/C18H33NO6/c1-5-7-8-9-13(3)10-15(11-16(20)21)12-19-18(23)25-14(4)24-17(22)6-2/h13-15H,5-12H2,1-4H3,(H,19,23)(H,20,21)/t13-,14+,15+/m1/s1. The van der Waals surface area contributed by atoms with E-state index in [-0.39, 0.29) is 25.3 Å². The van der Waals surface area contributed by atoms with E-state index in [0.29, 0.717) is 5.92 Å². The quantitative estimate of drug-likeness (QED) is 0.295. The molecule has 0 saturated carbocycles. The van der Waals surface area contributed by atoms with Crippen LogP contribution in [-0.4, -0.2) is 36.0 Å². The van der Waals surface area contributed by atoms with Crippen molar-refractivity contribution in [2.45, 2.75) is 78.9 Å². The maximum Gasteiger partial charge on any atom is 0.410 e. The molecule has 0 aliphatic carbocycles. The first-order valence-electron chi connectivity index (χ1n) is 9.14. The largest absolute Gasteiger partial charge is 0.481 e. The Morgan fingerprint density at radius 2 is 1.76 bits per heavy atom. The van der Waals surface area contributed by atoms with Crippen LogP contribution in [0.4, 0.5) is 4.79 Å². The highest BCUT2D eigenvalue weighted by Crippen LogP contribution is 2.20. The fraction of sp³-hybridized carbons (Fsp3) is 0.833. The second-order valence-corrected chi connectivity index (χ2v) is 6.50. The third kappa shape index (κ3) is 13.2. The molecule has 0 aliphatic rings. The fourth-order valence-corrected chi connectivity index (χ4v) is 2.63. The summed E-state index contributed by atoms with van der Waals surface area (Å²) in [4.78, 5) is 33.9. The maximum atomic E-state index is 11.7. The molecule has 2 N–H and O–H groups in total. The van der Waals surface area contributed by atoms with Gasteiger partial charge in [0, 0.05) is 26.3 Å². The van der Waals surface area contributed by atoms with Gasteiger partial charge in [0.25, 0.3) is 0 Å². The normalized spacial score (nSPS) is 14.2. The van der Waals surface area contributed by atoms with E-state index in [1.807, 2.05) is 0 Å². The minimum atomic E-state index is -0.974. The summed E-state index contributed by atoms with van der Waals surface area (Å²) in [6.07, 6.45) is 3.75. The van der Waals surface area contributed by atoms with E-state index in [4.69, 9.17) is 14.6 Å². The Bertz CT molecular complexity index is 412. The lowest BCUT2D eigenvalue weighted by Gasteiger charge is -2.21. The van der Waals surface area contributed by atoms with Gasteiger partial charge in [0.2, 0.25) is 6.29 Å². The van der Waals surface area contributed by atoms with Gasteiger partial charge in [0.15, 0.2) is 0 Å². The van der Waals surface area contributed by atoms with Crippen molar-refractivity contribution >= 4 is 18.0 Å². The van der Waals surface area contributed by atoms with E-state index in [2.05, 4.69) is 19.2 Å². The predicted molar refractivity (Wildman–Crippen MR) is 94.0 cm³/mol. The summed E-state index contributed by atoms with van der Waals surface area (Å²) in [5.74, 6) is -1.09. The molecule has 0 aliphatic heterocycles. The first-order chi connectivity index (χ1) is 11.8. The summed E-state index contributed by atoms with van der Waals surface area (Å²) >= 11 is 0. The number of alkyl carbamates (subject to hydrolysis) is 1. The number of unbranched alkanes of at least 4 members (excludes halogenated alkanes) is 2. The molecule has 0 aromatic carbocycles. The monoisotopic (exact) mass is 359 g/mol. The summed E-state index contributed by atoms with van der Waals surface area (Å²) < 4.78 is 9.77. The molecule has 0 unspecified atom stereocenters. The number of amides is 1. The predicted octanol–water partition coefficient (Wildman–Crippen LogP) is 3.71. The van der Waals surface area contributed by atoms with Crippen LogP contribution < -0.4 is 5.32 Å². The molecular formula is C18H33NO6. The minimum Gasteiger partial charge on any atom is -0.481 e. The van der Waals surface area contributed by atoms with Crippen molar-refractivity contribution in [3.8, 4) is 0 Å². The molecule has 7 heteroatoms. The topological polar surface area (TPSA) is 102 Å². The van der Waals surface area contributed by atoms with Gasteiger partial charge in [-0.15, -0.1) is 0 Å². The number of hydrogen-bond acceptors (Lipinski definition) is 5. The molecular weight excluding hydrogens is 326 g/mol. The third-order valence-corrected chi connectivity index (χ3v) is 3.89. The SMILES string of the molecule is CCCCC[C@@H](C)C[C@H](CNC(=O)O[C@@H](C)OC(=O)CC)CC(=O)O. The number of carboxylic acid groups (broad SMARTS) is 1. The van der Waals surface area contributed by atoms with Crippen molar-refractivity contribution in [3.05, 3.63) is 0 Å². The highest BCUT2D eigenvalue weighted by molar-refractivity contribution is 5.70.